The quantitative estimate of drug-likeness (QED) is 0.680. The molecule has 0 aromatic heterocycles. The van der Waals surface area contributed by atoms with E-state index in [1.807, 2.05) is 6.92 Å². The molecule has 0 fully saturated rings. The monoisotopic (exact) mass is 330 g/mol. The molecule has 6 nitrogen and oxygen atoms in total. The molecule has 2 atom stereocenters. The number of nitrogens with one attached hydrogen (secondary N) is 2. The summed E-state index contributed by atoms with van der Waals surface area (Å²) >= 11 is 0. The van der Waals surface area contributed by atoms with Crippen LogP contribution in [0.4, 0.5) is 5.69 Å². The fraction of sp³-hybridized carbons (Fsp3) is 0.467. The number of hydrogen-bond acceptors (Lipinski definition) is 4. The van der Waals surface area contributed by atoms with E-state index in [1.54, 1.807) is 38.3 Å². The predicted octanol–water partition coefficient (Wildman–Crippen LogP) is 2.29. The van der Waals surface area contributed by atoms with Gasteiger partial charge in [0.2, 0.25) is 5.91 Å². The summed E-state index contributed by atoms with van der Waals surface area (Å²) < 4.78 is 5.04. The zero-order valence-corrected chi connectivity index (χ0v) is 13.8. The van der Waals surface area contributed by atoms with Gasteiger partial charge in [-0.2, -0.15) is 0 Å². The van der Waals surface area contributed by atoms with Crippen molar-refractivity contribution in [1.29, 1.82) is 0 Å². The Bertz CT molecular complexity index is 479. The number of carboxylic acids is 1. The summed E-state index contributed by atoms with van der Waals surface area (Å²) in [5.41, 5.74) is 0.636. The van der Waals surface area contributed by atoms with Crippen molar-refractivity contribution < 1.29 is 19.4 Å². The largest absolute Gasteiger partial charge is 0.497 e. The van der Waals surface area contributed by atoms with Crippen LogP contribution in [0.25, 0.3) is 0 Å². The minimum atomic E-state index is -0.944. The van der Waals surface area contributed by atoms with Gasteiger partial charge in [-0.3, -0.25) is 14.9 Å². The number of carbonyl (C=O) groups excluding carboxylic acids is 1. The number of ether oxygens (including phenoxy) is 1. The Morgan fingerprint density at radius 2 is 1.86 bits per heavy atom. The second-order valence-corrected chi connectivity index (χ2v) is 4.79. The molecule has 0 aliphatic carbocycles. The van der Waals surface area contributed by atoms with Gasteiger partial charge in [0.1, 0.15) is 11.8 Å². The van der Waals surface area contributed by atoms with E-state index in [0.717, 1.165) is 6.42 Å². The standard InChI is InChI=1S/C15H22N2O4.ClH/c1-4-5-13(15(19)20)16-10(2)14(18)17-11-6-8-12(21-3)9-7-11;/h6-10,13,16H,4-5H2,1-3H3,(H,17,18)(H,19,20);1H. The van der Waals surface area contributed by atoms with Gasteiger partial charge in [0.25, 0.3) is 0 Å². The first-order valence-electron chi connectivity index (χ1n) is 6.91. The highest BCUT2D eigenvalue weighted by molar-refractivity contribution is 5.95. The van der Waals surface area contributed by atoms with Crippen LogP contribution in [-0.4, -0.2) is 36.2 Å². The SMILES string of the molecule is CCCC(NC(C)C(=O)Nc1ccc(OC)cc1)C(=O)O.Cl. The molecule has 0 saturated carbocycles. The topological polar surface area (TPSA) is 87.7 Å². The summed E-state index contributed by atoms with van der Waals surface area (Å²) in [6.45, 7) is 3.55. The Morgan fingerprint density at radius 3 is 2.32 bits per heavy atom. The minimum absolute atomic E-state index is 0. The van der Waals surface area contributed by atoms with Gasteiger partial charge >= 0.3 is 5.97 Å². The lowest BCUT2D eigenvalue weighted by Gasteiger charge is -2.19. The van der Waals surface area contributed by atoms with Crippen molar-refractivity contribution in [2.75, 3.05) is 12.4 Å². The molecular weight excluding hydrogens is 308 g/mol. The lowest BCUT2D eigenvalue weighted by atomic mass is 10.1. The average Bonchev–Trinajstić information content (AvgIpc) is 2.47. The summed E-state index contributed by atoms with van der Waals surface area (Å²) in [6, 6.07) is 5.62. The molecular formula is C15H23ClN2O4. The van der Waals surface area contributed by atoms with Crippen molar-refractivity contribution >= 4 is 30.0 Å². The number of carbonyl (C=O) groups is 2. The lowest BCUT2D eigenvalue weighted by molar-refractivity contribution is -0.140. The van der Waals surface area contributed by atoms with Crippen molar-refractivity contribution in [3.63, 3.8) is 0 Å². The van der Waals surface area contributed by atoms with Crippen LogP contribution in [-0.2, 0) is 9.59 Å². The first kappa shape index (κ1) is 20.2. The van der Waals surface area contributed by atoms with Gasteiger partial charge in [0.15, 0.2) is 0 Å². The van der Waals surface area contributed by atoms with E-state index < -0.39 is 18.1 Å². The first-order valence-corrected chi connectivity index (χ1v) is 6.91. The molecule has 2 unspecified atom stereocenters. The maximum absolute atomic E-state index is 12.0. The number of methoxy groups -OCH3 is 1. The third-order valence-electron chi connectivity index (χ3n) is 3.08. The van der Waals surface area contributed by atoms with Crippen LogP contribution in [0, 0.1) is 0 Å². The fourth-order valence-corrected chi connectivity index (χ4v) is 1.87. The van der Waals surface area contributed by atoms with Crippen LogP contribution < -0.4 is 15.4 Å². The van der Waals surface area contributed by atoms with Crippen LogP contribution in [0.1, 0.15) is 26.7 Å². The van der Waals surface area contributed by atoms with Gasteiger partial charge in [0.05, 0.1) is 13.2 Å². The summed E-state index contributed by atoms with van der Waals surface area (Å²) in [6.07, 6.45) is 1.21. The molecule has 3 N–H and O–H groups in total. The highest BCUT2D eigenvalue weighted by atomic mass is 35.5. The molecule has 1 rings (SSSR count). The van der Waals surface area contributed by atoms with E-state index >= 15 is 0 Å². The van der Waals surface area contributed by atoms with Crippen molar-refractivity contribution in [2.45, 2.75) is 38.8 Å². The van der Waals surface area contributed by atoms with Crippen molar-refractivity contribution in [3.8, 4) is 5.75 Å². The molecule has 0 aliphatic heterocycles. The molecule has 0 saturated heterocycles. The third-order valence-corrected chi connectivity index (χ3v) is 3.08. The zero-order valence-electron chi connectivity index (χ0n) is 13.0. The number of hydrogen-bond donors (Lipinski definition) is 3. The summed E-state index contributed by atoms with van der Waals surface area (Å²) in [5.74, 6) is -0.517. The van der Waals surface area contributed by atoms with Crippen LogP contribution >= 0.6 is 12.4 Å². The van der Waals surface area contributed by atoms with Crippen LogP contribution in [0.15, 0.2) is 24.3 Å². The molecule has 124 valence electrons. The van der Waals surface area contributed by atoms with Gasteiger partial charge in [0, 0.05) is 5.69 Å². The molecule has 0 radical (unpaired) electrons. The molecule has 1 amide bonds. The van der Waals surface area contributed by atoms with Gasteiger partial charge < -0.3 is 15.2 Å². The molecule has 0 aliphatic rings. The lowest BCUT2D eigenvalue weighted by Crippen LogP contribution is -2.47. The summed E-state index contributed by atoms with van der Waals surface area (Å²) in [5, 5.41) is 14.6. The number of aliphatic carboxylic acids is 1. The van der Waals surface area contributed by atoms with Gasteiger partial charge in [-0.05, 0) is 37.6 Å². The highest BCUT2D eigenvalue weighted by Crippen LogP contribution is 2.15. The Balaban J connectivity index is 0.00000441. The van der Waals surface area contributed by atoms with E-state index in [1.165, 1.54) is 0 Å². The smallest absolute Gasteiger partial charge is 0.320 e. The van der Waals surface area contributed by atoms with E-state index in [4.69, 9.17) is 9.84 Å². The number of rotatable bonds is 8. The van der Waals surface area contributed by atoms with Crippen molar-refractivity contribution in [1.82, 2.24) is 5.32 Å². The number of benzene rings is 1. The highest BCUT2D eigenvalue weighted by Gasteiger charge is 2.22. The molecule has 0 spiro atoms. The number of carboxylic acid groups (broad SMARTS) is 1. The molecule has 0 bridgehead atoms. The Hall–Kier alpha value is -1.79. The average molecular weight is 331 g/mol. The normalized spacial score (nSPS) is 12.7. The van der Waals surface area contributed by atoms with E-state index in [0.29, 0.717) is 17.9 Å². The van der Waals surface area contributed by atoms with Crippen molar-refractivity contribution in [2.24, 2.45) is 0 Å². The van der Waals surface area contributed by atoms with E-state index in [-0.39, 0.29) is 18.3 Å². The van der Waals surface area contributed by atoms with Crippen LogP contribution in [0.5, 0.6) is 5.75 Å². The number of amides is 1. The molecule has 1 aromatic carbocycles. The van der Waals surface area contributed by atoms with Crippen LogP contribution in [0.2, 0.25) is 0 Å². The van der Waals surface area contributed by atoms with Crippen LogP contribution in [0.3, 0.4) is 0 Å². The first-order chi connectivity index (χ1) is 9.97. The third kappa shape index (κ3) is 6.32. The Labute approximate surface area is 136 Å². The summed E-state index contributed by atoms with van der Waals surface area (Å²) in [4.78, 5) is 23.1. The molecule has 7 heteroatoms. The number of halogens is 1. The minimum Gasteiger partial charge on any atom is -0.497 e. The van der Waals surface area contributed by atoms with Gasteiger partial charge in [-0.25, -0.2) is 0 Å². The zero-order chi connectivity index (χ0) is 15.8. The van der Waals surface area contributed by atoms with Gasteiger partial charge in [-0.15, -0.1) is 12.4 Å². The summed E-state index contributed by atoms with van der Waals surface area (Å²) in [7, 11) is 1.57. The molecule has 0 heterocycles. The number of anilines is 1. The van der Waals surface area contributed by atoms with Gasteiger partial charge in [-0.1, -0.05) is 13.3 Å². The Morgan fingerprint density at radius 1 is 1.27 bits per heavy atom. The van der Waals surface area contributed by atoms with E-state index in [9.17, 15) is 9.59 Å². The Kier molecular flexibility index (Phi) is 9.21. The predicted molar refractivity (Wildman–Crippen MR) is 87.8 cm³/mol. The molecule has 1 aromatic rings. The molecule has 22 heavy (non-hydrogen) atoms. The maximum Gasteiger partial charge on any atom is 0.320 e. The second-order valence-electron chi connectivity index (χ2n) is 4.79. The maximum atomic E-state index is 12.0. The van der Waals surface area contributed by atoms with Crippen molar-refractivity contribution in [3.05, 3.63) is 24.3 Å². The van der Waals surface area contributed by atoms with E-state index in [2.05, 4.69) is 10.6 Å². The fourth-order valence-electron chi connectivity index (χ4n) is 1.87. The second kappa shape index (κ2) is 10.0.